The zero-order chi connectivity index (χ0) is 26.1. The van der Waals surface area contributed by atoms with E-state index in [4.69, 9.17) is 18.9 Å². The fourth-order valence-electron chi connectivity index (χ4n) is 3.91. The van der Waals surface area contributed by atoms with Gasteiger partial charge in [-0.15, -0.1) is 0 Å². The second-order valence-corrected chi connectivity index (χ2v) is 8.51. The Morgan fingerprint density at radius 1 is 1.09 bits per heavy atom. The van der Waals surface area contributed by atoms with Gasteiger partial charge in [-0.25, -0.2) is 4.79 Å². The van der Waals surface area contributed by atoms with E-state index in [9.17, 15) is 40.2 Å². The van der Waals surface area contributed by atoms with E-state index in [0.29, 0.717) is 5.56 Å². The Hall–Kier alpha value is -2.52. The van der Waals surface area contributed by atoms with E-state index >= 15 is 0 Å². The summed E-state index contributed by atoms with van der Waals surface area (Å²) in [4.78, 5) is 23.8. The number of ether oxygens (including phenoxy) is 5. The van der Waals surface area contributed by atoms with Crippen LogP contribution >= 0.6 is 0 Å². The van der Waals surface area contributed by atoms with Gasteiger partial charge in [-0.1, -0.05) is 0 Å². The molecule has 2 fully saturated rings. The van der Waals surface area contributed by atoms with Crippen LogP contribution in [0.5, 0.6) is 11.5 Å². The van der Waals surface area contributed by atoms with E-state index in [-0.39, 0.29) is 29.9 Å². The molecule has 6 N–H and O–H groups in total. The molecule has 2 saturated heterocycles. The summed E-state index contributed by atoms with van der Waals surface area (Å²) in [5, 5.41) is 60.5. The normalized spacial score (nSPS) is 34.9. The Balaban J connectivity index is 2.00. The largest absolute Gasteiger partial charge is 0.496 e. The van der Waals surface area contributed by atoms with Crippen LogP contribution in [0, 0.1) is 0 Å². The van der Waals surface area contributed by atoms with Crippen molar-refractivity contribution in [2.24, 2.45) is 0 Å². The molecular formula is C22H30O13. The molecule has 0 spiro atoms. The minimum absolute atomic E-state index is 0.0313. The van der Waals surface area contributed by atoms with Gasteiger partial charge in [0, 0.05) is 18.1 Å². The number of aliphatic hydroxyl groups excluding tert-OH is 5. The Morgan fingerprint density at radius 2 is 1.77 bits per heavy atom. The van der Waals surface area contributed by atoms with Gasteiger partial charge in [0.25, 0.3) is 0 Å². The summed E-state index contributed by atoms with van der Waals surface area (Å²) >= 11 is 0. The molecule has 0 amide bonds. The van der Waals surface area contributed by atoms with Crippen LogP contribution in [0.25, 0.3) is 0 Å². The molecule has 196 valence electrons. The summed E-state index contributed by atoms with van der Waals surface area (Å²) in [6.07, 6.45) is -10.7. The molecule has 0 aromatic heterocycles. The summed E-state index contributed by atoms with van der Waals surface area (Å²) < 4.78 is 26.4. The van der Waals surface area contributed by atoms with Crippen LogP contribution in [0.15, 0.2) is 12.1 Å². The zero-order valence-corrected chi connectivity index (χ0v) is 19.4. The number of methoxy groups -OCH3 is 2. The van der Waals surface area contributed by atoms with Gasteiger partial charge >= 0.3 is 11.9 Å². The molecule has 13 nitrogen and oxygen atoms in total. The molecule has 13 heteroatoms. The van der Waals surface area contributed by atoms with Crippen LogP contribution in [-0.4, -0.2) is 106 Å². The molecule has 0 bridgehead atoms. The lowest BCUT2D eigenvalue weighted by atomic mass is 9.92. The Kier molecular flexibility index (Phi) is 8.21. The van der Waals surface area contributed by atoms with Crippen molar-refractivity contribution in [3.8, 4) is 11.5 Å². The predicted molar refractivity (Wildman–Crippen MR) is 113 cm³/mol. The number of carbonyl (C=O) groups is 2. The van der Waals surface area contributed by atoms with E-state index in [1.165, 1.54) is 26.4 Å². The van der Waals surface area contributed by atoms with Crippen molar-refractivity contribution in [2.45, 2.75) is 68.3 Å². The number of carbonyl (C=O) groups excluding carboxylic acids is 2. The molecule has 0 aliphatic carbocycles. The average Bonchev–Trinajstić information content (AvgIpc) is 3.05. The number of aryl methyl sites for hydroxylation is 1. The zero-order valence-electron chi connectivity index (χ0n) is 19.4. The van der Waals surface area contributed by atoms with Gasteiger partial charge in [0.15, 0.2) is 11.7 Å². The number of esters is 2. The summed E-state index contributed by atoms with van der Waals surface area (Å²) in [6.45, 7) is 0.453. The highest BCUT2D eigenvalue weighted by Crippen LogP contribution is 2.43. The maximum Gasteiger partial charge on any atom is 0.341 e. The van der Waals surface area contributed by atoms with Crippen LogP contribution < -0.4 is 9.47 Å². The van der Waals surface area contributed by atoms with Crippen molar-refractivity contribution in [1.82, 2.24) is 0 Å². The highest BCUT2D eigenvalue weighted by Gasteiger charge is 2.54. The number of aliphatic hydroxyl groups is 6. The number of benzene rings is 1. The molecule has 2 heterocycles. The first kappa shape index (κ1) is 27.1. The highest BCUT2D eigenvalue weighted by molar-refractivity contribution is 5.82. The van der Waals surface area contributed by atoms with E-state index in [2.05, 4.69) is 4.74 Å². The van der Waals surface area contributed by atoms with Gasteiger partial charge in [-0.05, 0) is 25.0 Å². The van der Waals surface area contributed by atoms with Crippen molar-refractivity contribution >= 4 is 11.9 Å². The molecule has 8 atom stereocenters. The molecule has 2 aliphatic rings. The Morgan fingerprint density at radius 3 is 2.31 bits per heavy atom. The van der Waals surface area contributed by atoms with Crippen LogP contribution in [-0.2, 0) is 30.2 Å². The van der Waals surface area contributed by atoms with E-state index in [1.54, 1.807) is 0 Å². The minimum atomic E-state index is -2.16. The van der Waals surface area contributed by atoms with Crippen LogP contribution in [0.3, 0.4) is 0 Å². The second-order valence-electron chi connectivity index (χ2n) is 8.51. The number of hydrogen-bond acceptors (Lipinski definition) is 13. The monoisotopic (exact) mass is 502 g/mol. The lowest BCUT2D eigenvalue weighted by Gasteiger charge is -2.39. The van der Waals surface area contributed by atoms with E-state index < -0.39 is 67.1 Å². The Bertz CT molecular complexity index is 930. The van der Waals surface area contributed by atoms with E-state index in [1.807, 2.05) is 0 Å². The molecule has 0 unspecified atom stereocenters. The predicted octanol–water partition coefficient (Wildman–Crippen LogP) is -2.31. The maximum atomic E-state index is 12.0. The van der Waals surface area contributed by atoms with Gasteiger partial charge in [-0.2, -0.15) is 0 Å². The molecule has 3 rings (SSSR count). The van der Waals surface area contributed by atoms with Crippen molar-refractivity contribution in [3.63, 3.8) is 0 Å². The number of hydrogen-bond donors (Lipinski definition) is 6. The van der Waals surface area contributed by atoms with Gasteiger partial charge in [-0.3, -0.25) is 4.79 Å². The van der Waals surface area contributed by atoms with Crippen LogP contribution in [0.2, 0.25) is 0 Å². The van der Waals surface area contributed by atoms with Gasteiger partial charge in [0.2, 0.25) is 6.29 Å². The van der Waals surface area contributed by atoms with Crippen molar-refractivity contribution < 1.29 is 63.9 Å². The lowest BCUT2D eigenvalue weighted by molar-refractivity contribution is -0.277. The second kappa shape index (κ2) is 10.6. The Labute approximate surface area is 200 Å². The summed E-state index contributed by atoms with van der Waals surface area (Å²) in [6, 6.07) is 2.76. The van der Waals surface area contributed by atoms with Crippen molar-refractivity contribution in [3.05, 3.63) is 23.3 Å². The third-order valence-electron chi connectivity index (χ3n) is 6.15. The van der Waals surface area contributed by atoms with Gasteiger partial charge in [0.1, 0.15) is 42.0 Å². The molecule has 35 heavy (non-hydrogen) atoms. The third kappa shape index (κ3) is 5.21. The van der Waals surface area contributed by atoms with E-state index in [0.717, 1.165) is 6.92 Å². The summed E-state index contributed by atoms with van der Waals surface area (Å²) in [5.41, 5.74) is -1.67. The first-order chi connectivity index (χ1) is 16.5. The topological polar surface area (TPSA) is 202 Å². The fourth-order valence-corrected chi connectivity index (χ4v) is 3.91. The fraction of sp³-hybridized carbons (Fsp3) is 0.636. The molecule has 0 radical (unpaired) electrons. The van der Waals surface area contributed by atoms with Gasteiger partial charge < -0.3 is 54.3 Å². The maximum absolute atomic E-state index is 12.0. The molecule has 1 aromatic carbocycles. The SMILES string of the molecule is COC(=O)CCc1cc([C@@H]2OC(=O)[C@](C)(O)[C@H]2O)c(OC)cc1O[C@@H]1O[C@H](CO)[C@@H](O)[C@H](O)[C@H]1O. The summed E-state index contributed by atoms with van der Waals surface area (Å²) in [5.74, 6) is -1.48. The smallest absolute Gasteiger partial charge is 0.341 e. The van der Waals surface area contributed by atoms with Gasteiger partial charge in [0.05, 0.1) is 20.8 Å². The number of cyclic esters (lactones) is 1. The lowest BCUT2D eigenvalue weighted by Crippen LogP contribution is -2.60. The molecular weight excluding hydrogens is 472 g/mol. The average molecular weight is 502 g/mol. The quantitative estimate of drug-likeness (QED) is 0.207. The van der Waals surface area contributed by atoms with Crippen molar-refractivity contribution in [1.29, 1.82) is 0 Å². The van der Waals surface area contributed by atoms with Crippen LogP contribution in [0.4, 0.5) is 0 Å². The van der Waals surface area contributed by atoms with Crippen LogP contribution in [0.1, 0.15) is 30.6 Å². The molecule has 0 saturated carbocycles. The molecule has 2 aliphatic heterocycles. The van der Waals surface area contributed by atoms with Crippen molar-refractivity contribution in [2.75, 3.05) is 20.8 Å². The number of rotatable bonds is 8. The first-order valence-corrected chi connectivity index (χ1v) is 10.8. The minimum Gasteiger partial charge on any atom is -0.496 e. The third-order valence-corrected chi connectivity index (χ3v) is 6.15. The first-order valence-electron chi connectivity index (χ1n) is 10.8. The molecule has 1 aromatic rings. The summed E-state index contributed by atoms with van der Waals surface area (Å²) in [7, 11) is 2.51. The highest BCUT2D eigenvalue weighted by atomic mass is 16.7. The standard InChI is InChI=1S/C22H30O13/c1-22(30)19(28)18(35-21(22)29)10-6-9(4-5-14(24)32-3)11(7-12(10)31-2)33-20-17(27)16(26)15(25)13(8-23)34-20/h6-7,13,15-20,23,25-28,30H,4-5,8H2,1-3H3/t13-,15-,16+,17-,18+,19+,20-,22-/m1/s1.